The van der Waals surface area contributed by atoms with Gasteiger partial charge in [-0.2, -0.15) is 0 Å². The molecule has 1 aliphatic rings. The Hall–Kier alpha value is -1.30. The van der Waals surface area contributed by atoms with E-state index < -0.39 is 5.92 Å². The lowest BCUT2D eigenvalue weighted by Crippen LogP contribution is -2.48. The maximum Gasteiger partial charge on any atom is 0.233 e. The average molecular weight is 229 g/mol. The molecule has 4 N–H and O–H groups in total. The lowest BCUT2D eigenvalue weighted by molar-refractivity contribution is -0.136. The summed E-state index contributed by atoms with van der Waals surface area (Å²) in [5, 5.41) is 20.9. The van der Waals surface area contributed by atoms with E-state index in [0.717, 1.165) is 0 Å². The Labute approximate surface area is 94.7 Å². The zero-order chi connectivity index (χ0) is 12.3. The number of nitrogens with two attached hydrogens (primary N) is 1. The van der Waals surface area contributed by atoms with Crippen molar-refractivity contribution in [3.8, 4) is 0 Å². The fourth-order valence-electron chi connectivity index (χ4n) is 1.82. The number of nitrogens with zero attached hydrogens (tertiary/aromatic N) is 2. The quantitative estimate of drug-likeness (QED) is 0.259. The van der Waals surface area contributed by atoms with E-state index in [1.807, 2.05) is 6.92 Å². The predicted molar refractivity (Wildman–Crippen MR) is 58.9 cm³/mol. The van der Waals surface area contributed by atoms with Crippen LogP contribution >= 0.6 is 0 Å². The molecule has 0 bridgehead atoms. The molecule has 0 radical (unpaired) electrons. The Bertz CT molecular complexity index is 293. The summed E-state index contributed by atoms with van der Waals surface area (Å²) in [7, 11) is 0. The number of carbonyl (C=O) groups is 1. The van der Waals surface area contributed by atoms with Crippen LogP contribution in [0.1, 0.15) is 20.3 Å². The maximum atomic E-state index is 11.9. The number of amides is 1. The van der Waals surface area contributed by atoms with Crippen LogP contribution in [0.2, 0.25) is 0 Å². The van der Waals surface area contributed by atoms with Gasteiger partial charge in [0.05, 0.1) is 12.0 Å². The van der Waals surface area contributed by atoms with Crippen molar-refractivity contribution in [3.05, 3.63) is 0 Å². The summed E-state index contributed by atoms with van der Waals surface area (Å²) >= 11 is 0. The van der Waals surface area contributed by atoms with Crippen LogP contribution in [0.15, 0.2) is 5.16 Å². The van der Waals surface area contributed by atoms with Gasteiger partial charge < -0.3 is 20.9 Å². The summed E-state index contributed by atoms with van der Waals surface area (Å²) in [4.78, 5) is 13.6. The molecule has 0 aliphatic carbocycles. The van der Waals surface area contributed by atoms with Gasteiger partial charge in [0.25, 0.3) is 0 Å². The van der Waals surface area contributed by atoms with Crippen LogP contribution in [-0.4, -0.2) is 46.1 Å². The van der Waals surface area contributed by atoms with Crippen LogP contribution < -0.4 is 5.73 Å². The van der Waals surface area contributed by atoms with Gasteiger partial charge in [-0.25, -0.2) is 0 Å². The molecule has 1 amide bonds. The molecule has 6 heteroatoms. The predicted octanol–water partition coefficient (Wildman–Crippen LogP) is -0.402. The molecule has 1 heterocycles. The second kappa shape index (κ2) is 5.16. The van der Waals surface area contributed by atoms with Crippen LogP contribution in [0.25, 0.3) is 0 Å². The molecule has 0 spiro atoms. The zero-order valence-corrected chi connectivity index (χ0v) is 9.63. The number of aliphatic hydroxyl groups is 1. The normalized spacial score (nSPS) is 28.9. The number of piperidine rings is 1. The number of aliphatic hydroxyl groups excluding tert-OH is 1. The van der Waals surface area contributed by atoms with Crippen molar-refractivity contribution in [2.75, 3.05) is 13.1 Å². The van der Waals surface area contributed by atoms with Gasteiger partial charge in [-0.05, 0) is 19.3 Å². The van der Waals surface area contributed by atoms with Gasteiger partial charge in [0, 0.05) is 13.1 Å². The SMILES string of the molecule is CC(C(=O)N1CCC(O)C(C)C1)C(N)=NO. The minimum absolute atomic E-state index is 0.0668. The van der Waals surface area contributed by atoms with Crippen molar-refractivity contribution in [1.82, 2.24) is 4.90 Å². The summed E-state index contributed by atoms with van der Waals surface area (Å²) in [6, 6.07) is 0. The van der Waals surface area contributed by atoms with Crippen LogP contribution in [0.4, 0.5) is 0 Å². The van der Waals surface area contributed by atoms with Crippen molar-refractivity contribution in [1.29, 1.82) is 0 Å². The number of carbonyl (C=O) groups excluding carboxylic acids is 1. The summed E-state index contributed by atoms with van der Waals surface area (Å²) < 4.78 is 0. The molecule has 0 aromatic heterocycles. The first-order valence-corrected chi connectivity index (χ1v) is 5.41. The van der Waals surface area contributed by atoms with E-state index in [0.29, 0.717) is 19.5 Å². The highest BCUT2D eigenvalue weighted by Crippen LogP contribution is 2.18. The van der Waals surface area contributed by atoms with Crippen molar-refractivity contribution in [2.24, 2.45) is 22.7 Å². The smallest absolute Gasteiger partial charge is 0.233 e. The van der Waals surface area contributed by atoms with Crippen molar-refractivity contribution in [2.45, 2.75) is 26.4 Å². The van der Waals surface area contributed by atoms with E-state index >= 15 is 0 Å². The van der Waals surface area contributed by atoms with Gasteiger partial charge in [0.2, 0.25) is 5.91 Å². The number of rotatable bonds is 2. The standard InChI is InChI=1S/C10H19N3O3/c1-6-5-13(4-3-8(6)14)10(15)7(2)9(11)12-16/h6-8,14,16H,3-5H2,1-2H3,(H2,11,12). The fraction of sp³-hybridized carbons (Fsp3) is 0.800. The molecule has 92 valence electrons. The van der Waals surface area contributed by atoms with Gasteiger partial charge in [0.1, 0.15) is 0 Å². The highest BCUT2D eigenvalue weighted by molar-refractivity contribution is 6.01. The second-order valence-corrected chi connectivity index (χ2v) is 4.36. The molecule has 0 saturated carbocycles. The number of oxime groups is 1. The van der Waals surface area contributed by atoms with Crippen LogP contribution in [0, 0.1) is 11.8 Å². The highest BCUT2D eigenvalue weighted by atomic mass is 16.4. The summed E-state index contributed by atoms with van der Waals surface area (Å²) in [5.41, 5.74) is 5.39. The summed E-state index contributed by atoms with van der Waals surface area (Å²) in [6.07, 6.45) is 0.235. The Morgan fingerprint density at radius 1 is 1.62 bits per heavy atom. The largest absolute Gasteiger partial charge is 0.409 e. The maximum absolute atomic E-state index is 11.9. The second-order valence-electron chi connectivity index (χ2n) is 4.36. The lowest BCUT2D eigenvalue weighted by atomic mass is 9.95. The molecular weight excluding hydrogens is 210 g/mol. The van der Waals surface area contributed by atoms with E-state index in [4.69, 9.17) is 10.9 Å². The molecule has 0 aromatic rings. The molecule has 0 aromatic carbocycles. The first-order chi connectivity index (χ1) is 7.47. The van der Waals surface area contributed by atoms with Crippen LogP contribution in [-0.2, 0) is 4.79 Å². The van der Waals surface area contributed by atoms with Gasteiger partial charge in [-0.1, -0.05) is 12.1 Å². The molecule has 1 fully saturated rings. The fourth-order valence-corrected chi connectivity index (χ4v) is 1.82. The Kier molecular flexibility index (Phi) is 4.12. The van der Waals surface area contributed by atoms with Crippen molar-refractivity contribution < 1.29 is 15.1 Å². The lowest BCUT2D eigenvalue weighted by Gasteiger charge is -2.35. The summed E-state index contributed by atoms with van der Waals surface area (Å²) in [5.74, 6) is -0.789. The molecule has 16 heavy (non-hydrogen) atoms. The first kappa shape index (κ1) is 12.8. The van der Waals surface area contributed by atoms with Crippen LogP contribution in [0.5, 0.6) is 0 Å². The molecule has 3 unspecified atom stereocenters. The third-order valence-electron chi connectivity index (χ3n) is 3.10. The van der Waals surface area contributed by atoms with E-state index in [1.165, 1.54) is 0 Å². The van der Waals surface area contributed by atoms with E-state index in [9.17, 15) is 9.90 Å². The minimum atomic E-state index is -0.618. The molecular formula is C10H19N3O3. The van der Waals surface area contributed by atoms with Gasteiger partial charge in [-0.15, -0.1) is 0 Å². The van der Waals surface area contributed by atoms with E-state index in [-0.39, 0.29) is 23.8 Å². The van der Waals surface area contributed by atoms with Gasteiger partial charge in [0.15, 0.2) is 5.84 Å². The van der Waals surface area contributed by atoms with Crippen molar-refractivity contribution >= 4 is 11.7 Å². The number of hydrogen-bond donors (Lipinski definition) is 3. The average Bonchev–Trinajstić information content (AvgIpc) is 2.29. The Morgan fingerprint density at radius 3 is 2.75 bits per heavy atom. The molecule has 3 atom stereocenters. The highest BCUT2D eigenvalue weighted by Gasteiger charge is 2.30. The number of amidine groups is 1. The molecule has 1 aliphatic heterocycles. The Morgan fingerprint density at radius 2 is 2.25 bits per heavy atom. The monoisotopic (exact) mass is 229 g/mol. The molecule has 1 saturated heterocycles. The molecule has 6 nitrogen and oxygen atoms in total. The first-order valence-electron chi connectivity index (χ1n) is 5.41. The van der Waals surface area contributed by atoms with Gasteiger partial charge in [-0.3, -0.25) is 4.79 Å². The third kappa shape index (κ3) is 2.63. The van der Waals surface area contributed by atoms with Gasteiger partial charge >= 0.3 is 0 Å². The molecule has 1 rings (SSSR count). The van der Waals surface area contributed by atoms with E-state index in [1.54, 1.807) is 11.8 Å². The minimum Gasteiger partial charge on any atom is -0.409 e. The number of likely N-dealkylation sites (tertiary alicyclic amines) is 1. The zero-order valence-electron chi connectivity index (χ0n) is 9.63. The topological polar surface area (TPSA) is 99.2 Å². The van der Waals surface area contributed by atoms with E-state index in [2.05, 4.69) is 5.16 Å². The number of hydrogen-bond acceptors (Lipinski definition) is 4. The van der Waals surface area contributed by atoms with Crippen molar-refractivity contribution in [3.63, 3.8) is 0 Å². The summed E-state index contributed by atoms with van der Waals surface area (Å²) in [6.45, 7) is 4.54. The van der Waals surface area contributed by atoms with Crippen LogP contribution in [0.3, 0.4) is 0 Å². The Balaban J connectivity index is 2.62. The third-order valence-corrected chi connectivity index (χ3v) is 3.10.